The fraction of sp³-hybridized carbons (Fsp3) is 0.500. The Kier molecular flexibility index (Phi) is 5.89. The van der Waals surface area contributed by atoms with Crippen LogP contribution in [0.2, 0.25) is 0 Å². The topological polar surface area (TPSA) is 46.3 Å². The molecule has 0 spiro atoms. The molecule has 1 unspecified atom stereocenters. The van der Waals surface area contributed by atoms with E-state index >= 15 is 0 Å². The van der Waals surface area contributed by atoms with Crippen LogP contribution in [0, 0.1) is 17.6 Å². The van der Waals surface area contributed by atoms with E-state index in [1.54, 1.807) is 4.90 Å². The van der Waals surface area contributed by atoms with Gasteiger partial charge in [0, 0.05) is 25.7 Å². The molecule has 0 saturated heterocycles. The standard InChI is InChI=1S/C14H20F2N2O/c1-3-18(4-2)14(19)11(9-17)7-10-5-6-12(15)8-13(10)16/h5-6,8,11H,3-4,7,9,17H2,1-2H3. The van der Waals surface area contributed by atoms with Gasteiger partial charge in [0.1, 0.15) is 11.6 Å². The minimum Gasteiger partial charge on any atom is -0.343 e. The molecule has 0 aromatic heterocycles. The number of nitrogens with zero attached hydrogens (tertiary/aromatic N) is 1. The summed E-state index contributed by atoms with van der Waals surface area (Å²) in [5, 5.41) is 0. The predicted molar refractivity (Wildman–Crippen MR) is 70.5 cm³/mol. The quantitative estimate of drug-likeness (QED) is 0.859. The molecule has 106 valence electrons. The third-order valence-corrected chi connectivity index (χ3v) is 3.19. The lowest BCUT2D eigenvalue weighted by molar-refractivity contribution is -0.134. The van der Waals surface area contributed by atoms with Gasteiger partial charge >= 0.3 is 0 Å². The van der Waals surface area contributed by atoms with Gasteiger partial charge in [0.05, 0.1) is 5.92 Å². The lowest BCUT2D eigenvalue weighted by atomic mass is 9.97. The number of hydrogen-bond donors (Lipinski definition) is 1. The van der Waals surface area contributed by atoms with Crippen LogP contribution < -0.4 is 5.73 Å². The molecule has 1 aromatic carbocycles. The first kappa shape index (κ1) is 15.6. The van der Waals surface area contributed by atoms with Gasteiger partial charge in [-0.05, 0) is 31.9 Å². The first-order valence-electron chi connectivity index (χ1n) is 6.46. The summed E-state index contributed by atoms with van der Waals surface area (Å²) in [6.07, 6.45) is 0.192. The van der Waals surface area contributed by atoms with Crippen LogP contribution in [0.15, 0.2) is 18.2 Å². The predicted octanol–water partition coefficient (Wildman–Crippen LogP) is 1.95. The number of carbonyl (C=O) groups excluding carboxylic acids is 1. The van der Waals surface area contributed by atoms with E-state index in [1.165, 1.54) is 12.1 Å². The maximum Gasteiger partial charge on any atom is 0.227 e. The van der Waals surface area contributed by atoms with E-state index in [4.69, 9.17) is 5.73 Å². The SMILES string of the molecule is CCN(CC)C(=O)C(CN)Cc1ccc(F)cc1F. The Bertz CT molecular complexity index is 433. The molecule has 1 atom stereocenters. The van der Waals surface area contributed by atoms with Crippen molar-refractivity contribution < 1.29 is 13.6 Å². The number of hydrogen-bond acceptors (Lipinski definition) is 2. The second-order valence-corrected chi connectivity index (χ2v) is 4.38. The van der Waals surface area contributed by atoms with Crippen molar-refractivity contribution in [2.45, 2.75) is 20.3 Å². The van der Waals surface area contributed by atoms with E-state index < -0.39 is 17.6 Å². The highest BCUT2D eigenvalue weighted by Crippen LogP contribution is 2.16. The van der Waals surface area contributed by atoms with Crippen LogP contribution in [-0.4, -0.2) is 30.4 Å². The average Bonchev–Trinajstić information content (AvgIpc) is 2.39. The molecule has 0 bridgehead atoms. The van der Waals surface area contributed by atoms with Crippen molar-refractivity contribution in [2.24, 2.45) is 11.7 Å². The van der Waals surface area contributed by atoms with Gasteiger partial charge in [0.25, 0.3) is 0 Å². The number of halogens is 2. The lowest BCUT2D eigenvalue weighted by Gasteiger charge is -2.24. The number of amides is 1. The zero-order valence-corrected chi connectivity index (χ0v) is 11.3. The van der Waals surface area contributed by atoms with Crippen LogP contribution in [0.25, 0.3) is 0 Å². The largest absolute Gasteiger partial charge is 0.343 e. The molecule has 5 heteroatoms. The molecule has 0 aliphatic carbocycles. The summed E-state index contributed by atoms with van der Waals surface area (Å²) in [5.41, 5.74) is 5.92. The average molecular weight is 270 g/mol. The van der Waals surface area contributed by atoms with Gasteiger partial charge in [0.15, 0.2) is 0 Å². The molecule has 0 aliphatic rings. The van der Waals surface area contributed by atoms with Gasteiger partial charge in [-0.25, -0.2) is 8.78 Å². The summed E-state index contributed by atoms with van der Waals surface area (Å²) >= 11 is 0. The zero-order chi connectivity index (χ0) is 14.4. The summed E-state index contributed by atoms with van der Waals surface area (Å²) < 4.78 is 26.4. The maximum absolute atomic E-state index is 13.6. The Morgan fingerprint density at radius 2 is 1.95 bits per heavy atom. The third-order valence-electron chi connectivity index (χ3n) is 3.19. The van der Waals surface area contributed by atoms with E-state index in [0.29, 0.717) is 18.7 Å². The summed E-state index contributed by atoms with van der Waals surface area (Å²) in [6.45, 7) is 5.10. The maximum atomic E-state index is 13.6. The van der Waals surface area contributed by atoms with Gasteiger partial charge in [-0.1, -0.05) is 6.07 Å². The fourth-order valence-electron chi connectivity index (χ4n) is 2.02. The monoisotopic (exact) mass is 270 g/mol. The van der Waals surface area contributed by atoms with Crippen LogP contribution in [0.3, 0.4) is 0 Å². The first-order chi connectivity index (χ1) is 9.03. The Morgan fingerprint density at radius 3 is 2.42 bits per heavy atom. The lowest BCUT2D eigenvalue weighted by Crippen LogP contribution is -2.40. The summed E-state index contributed by atoms with van der Waals surface area (Å²) in [4.78, 5) is 13.8. The Balaban J connectivity index is 2.84. The normalized spacial score (nSPS) is 12.3. The van der Waals surface area contributed by atoms with Gasteiger partial charge < -0.3 is 10.6 Å². The Morgan fingerprint density at radius 1 is 1.32 bits per heavy atom. The van der Waals surface area contributed by atoms with Gasteiger partial charge in [-0.3, -0.25) is 4.79 Å². The minimum absolute atomic E-state index is 0.0868. The third kappa shape index (κ3) is 3.99. The number of nitrogens with two attached hydrogens (primary N) is 1. The van der Waals surface area contributed by atoms with Crippen molar-refractivity contribution in [1.29, 1.82) is 0 Å². The van der Waals surface area contributed by atoms with E-state index in [1.807, 2.05) is 13.8 Å². The molecule has 2 N–H and O–H groups in total. The molecular weight excluding hydrogens is 250 g/mol. The van der Waals surface area contributed by atoms with Crippen molar-refractivity contribution >= 4 is 5.91 Å². The molecule has 0 radical (unpaired) electrons. The van der Waals surface area contributed by atoms with Gasteiger partial charge in [-0.2, -0.15) is 0 Å². The highest BCUT2D eigenvalue weighted by Gasteiger charge is 2.22. The van der Waals surface area contributed by atoms with Crippen molar-refractivity contribution in [2.75, 3.05) is 19.6 Å². The summed E-state index contributed by atoms with van der Waals surface area (Å²) in [5.74, 6) is -1.82. The molecular formula is C14H20F2N2O. The van der Waals surface area contributed by atoms with Gasteiger partial charge in [-0.15, -0.1) is 0 Å². The number of rotatable bonds is 6. The van der Waals surface area contributed by atoms with Crippen molar-refractivity contribution in [3.05, 3.63) is 35.4 Å². The summed E-state index contributed by atoms with van der Waals surface area (Å²) in [7, 11) is 0. The van der Waals surface area contributed by atoms with E-state index in [-0.39, 0.29) is 18.9 Å². The van der Waals surface area contributed by atoms with Crippen molar-refractivity contribution in [3.8, 4) is 0 Å². The Labute approximate surface area is 112 Å². The fourth-order valence-corrected chi connectivity index (χ4v) is 2.02. The molecule has 3 nitrogen and oxygen atoms in total. The molecule has 1 rings (SSSR count). The van der Waals surface area contributed by atoms with E-state index in [0.717, 1.165) is 6.07 Å². The van der Waals surface area contributed by atoms with Crippen LogP contribution in [0.4, 0.5) is 8.78 Å². The van der Waals surface area contributed by atoms with E-state index in [2.05, 4.69) is 0 Å². The second-order valence-electron chi connectivity index (χ2n) is 4.38. The van der Waals surface area contributed by atoms with Crippen LogP contribution in [0.1, 0.15) is 19.4 Å². The highest BCUT2D eigenvalue weighted by atomic mass is 19.1. The van der Waals surface area contributed by atoms with Crippen molar-refractivity contribution in [3.63, 3.8) is 0 Å². The van der Waals surface area contributed by atoms with Crippen LogP contribution >= 0.6 is 0 Å². The number of carbonyl (C=O) groups is 1. The minimum atomic E-state index is -0.634. The first-order valence-corrected chi connectivity index (χ1v) is 6.46. The number of benzene rings is 1. The molecule has 0 fully saturated rings. The Hall–Kier alpha value is -1.49. The van der Waals surface area contributed by atoms with Gasteiger partial charge in [0.2, 0.25) is 5.91 Å². The molecule has 0 aliphatic heterocycles. The highest BCUT2D eigenvalue weighted by molar-refractivity contribution is 5.79. The molecule has 0 saturated carbocycles. The zero-order valence-electron chi connectivity index (χ0n) is 11.3. The smallest absolute Gasteiger partial charge is 0.227 e. The summed E-state index contributed by atoms with van der Waals surface area (Å²) in [6, 6.07) is 3.38. The molecule has 19 heavy (non-hydrogen) atoms. The molecule has 0 heterocycles. The molecule has 1 amide bonds. The van der Waals surface area contributed by atoms with Crippen LogP contribution in [0.5, 0.6) is 0 Å². The molecule has 1 aromatic rings. The van der Waals surface area contributed by atoms with Crippen molar-refractivity contribution in [1.82, 2.24) is 4.90 Å². The van der Waals surface area contributed by atoms with E-state index in [9.17, 15) is 13.6 Å². The van der Waals surface area contributed by atoms with Crippen LogP contribution in [-0.2, 0) is 11.2 Å². The second kappa shape index (κ2) is 7.19.